The van der Waals surface area contributed by atoms with Crippen LogP contribution in [0.2, 0.25) is 0 Å². The maximum Gasteiger partial charge on any atom is 0.337 e. The predicted molar refractivity (Wildman–Crippen MR) is 138 cm³/mol. The molecule has 0 saturated carbocycles. The number of benzene rings is 2. The van der Waals surface area contributed by atoms with E-state index in [1.54, 1.807) is 24.3 Å². The molecule has 0 aliphatic carbocycles. The molecule has 4 rings (SSSR count). The van der Waals surface area contributed by atoms with Gasteiger partial charge in [-0.25, -0.2) is 4.79 Å². The number of amides is 1. The van der Waals surface area contributed by atoms with Gasteiger partial charge < -0.3 is 24.1 Å². The number of morpholine rings is 1. The lowest BCUT2D eigenvalue weighted by atomic mass is 10.1. The monoisotopic (exact) mass is 491 g/mol. The Bertz CT molecular complexity index is 1230. The Morgan fingerprint density at radius 3 is 2.57 bits per heavy atom. The Morgan fingerprint density at radius 2 is 1.83 bits per heavy atom. The van der Waals surface area contributed by atoms with Gasteiger partial charge in [-0.05, 0) is 48.6 Å². The number of hydrogen-bond donors (Lipinski definition) is 2. The fourth-order valence-corrected chi connectivity index (χ4v) is 3.84. The zero-order chi connectivity index (χ0) is 24.6. The van der Waals surface area contributed by atoms with Crippen molar-refractivity contribution < 1.29 is 23.5 Å². The van der Waals surface area contributed by atoms with Gasteiger partial charge in [0.15, 0.2) is 5.11 Å². The van der Waals surface area contributed by atoms with Crippen LogP contribution in [0.25, 0.3) is 17.4 Å². The number of nitrogens with zero attached hydrogens (tertiary/aromatic N) is 1. The Kier molecular flexibility index (Phi) is 7.92. The molecule has 0 bridgehead atoms. The van der Waals surface area contributed by atoms with E-state index in [4.69, 9.17) is 26.1 Å². The van der Waals surface area contributed by atoms with Gasteiger partial charge in [0.2, 0.25) is 5.91 Å². The van der Waals surface area contributed by atoms with Gasteiger partial charge in [0, 0.05) is 24.7 Å². The number of hydrogen-bond acceptors (Lipinski definition) is 7. The summed E-state index contributed by atoms with van der Waals surface area (Å²) < 4.78 is 16.0. The average molecular weight is 492 g/mol. The van der Waals surface area contributed by atoms with Crippen molar-refractivity contribution in [2.45, 2.75) is 0 Å². The lowest BCUT2D eigenvalue weighted by Gasteiger charge is -2.31. The second kappa shape index (κ2) is 11.5. The molecule has 8 nitrogen and oxygen atoms in total. The van der Waals surface area contributed by atoms with Gasteiger partial charge in [0.25, 0.3) is 0 Å². The number of carbonyl (C=O) groups is 2. The number of carbonyl (C=O) groups excluding carboxylic acids is 2. The van der Waals surface area contributed by atoms with Crippen molar-refractivity contribution in [3.63, 3.8) is 0 Å². The van der Waals surface area contributed by atoms with Gasteiger partial charge in [-0.2, -0.15) is 0 Å². The summed E-state index contributed by atoms with van der Waals surface area (Å²) in [7, 11) is 1.32. The van der Waals surface area contributed by atoms with Crippen LogP contribution in [0.15, 0.2) is 71.2 Å². The molecule has 2 aromatic carbocycles. The molecule has 1 aliphatic rings. The van der Waals surface area contributed by atoms with Crippen LogP contribution in [0.5, 0.6) is 0 Å². The summed E-state index contributed by atoms with van der Waals surface area (Å²) >= 11 is 5.35. The zero-order valence-electron chi connectivity index (χ0n) is 19.2. The third-order valence-electron chi connectivity index (χ3n) is 5.34. The highest BCUT2D eigenvalue weighted by molar-refractivity contribution is 7.80. The lowest BCUT2D eigenvalue weighted by molar-refractivity contribution is -0.115. The molecular weight excluding hydrogens is 466 g/mol. The van der Waals surface area contributed by atoms with Crippen LogP contribution in [-0.4, -0.2) is 50.4 Å². The molecule has 2 heterocycles. The van der Waals surface area contributed by atoms with Crippen LogP contribution in [0.4, 0.5) is 11.4 Å². The molecule has 2 N–H and O–H groups in total. The first-order chi connectivity index (χ1) is 17.0. The van der Waals surface area contributed by atoms with E-state index in [9.17, 15) is 9.59 Å². The largest absolute Gasteiger partial charge is 0.465 e. The first kappa shape index (κ1) is 24.2. The second-order valence-corrected chi connectivity index (χ2v) is 8.08. The summed E-state index contributed by atoms with van der Waals surface area (Å²) in [6, 6.07) is 18.5. The number of nitrogens with one attached hydrogen (secondary N) is 2. The van der Waals surface area contributed by atoms with E-state index in [1.807, 2.05) is 42.5 Å². The van der Waals surface area contributed by atoms with Crippen molar-refractivity contribution in [1.29, 1.82) is 0 Å². The van der Waals surface area contributed by atoms with Crippen LogP contribution in [0, 0.1) is 0 Å². The van der Waals surface area contributed by atoms with E-state index in [-0.39, 0.29) is 5.11 Å². The second-order valence-electron chi connectivity index (χ2n) is 7.67. The average Bonchev–Trinajstić information content (AvgIpc) is 3.37. The third-order valence-corrected chi connectivity index (χ3v) is 5.54. The van der Waals surface area contributed by atoms with Crippen LogP contribution in [0.1, 0.15) is 16.1 Å². The van der Waals surface area contributed by atoms with Crippen LogP contribution in [-0.2, 0) is 14.3 Å². The van der Waals surface area contributed by atoms with Gasteiger partial charge >= 0.3 is 5.97 Å². The summed E-state index contributed by atoms with van der Waals surface area (Å²) in [5.74, 6) is 0.368. The van der Waals surface area contributed by atoms with Crippen molar-refractivity contribution in [2.75, 3.05) is 43.6 Å². The number of furan rings is 1. The van der Waals surface area contributed by atoms with Gasteiger partial charge in [0.05, 0.1) is 37.3 Å². The molecule has 35 heavy (non-hydrogen) atoms. The third kappa shape index (κ3) is 6.34. The molecule has 1 saturated heterocycles. The maximum absolute atomic E-state index is 12.4. The lowest BCUT2D eigenvalue weighted by Crippen LogP contribution is -2.38. The summed E-state index contributed by atoms with van der Waals surface area (Å²) in [4.78, 5) is 26.6. The highest BCUT2D eigenvalue weighted by Crippen LogP contribution is 2.28. The fraction of sp³-hybridized carbons (Fsp3) is 0.192. The SMILES string of the molecule is COC(=O)c1ccc(N2CCOCC2)c(NC(=S)NC(=O)/C=C/c2ccc(-c3ccccc3)o2)c1. The van der Waals surface area contributed by atoms with E-state index in [2.05, 4.69) is 15.5 Å². The molecule has 1 aromatic heterocycles. The molecule has 3 aromatic rings. The molecule has 0 unspecified atom stereocenters. The minimum atomic E-state index is -0.465. The fourth-order valence-electron chi connectivity index (χ4n) is 3.63. The minimum Gasteiger partial charge on any atom is -0.465 e. The first-order valence-corrected chi connectivity index (χ1v) is 11.4. The van der Waals surface area contributed by atoms with Crippen molar-refractivity contribution >= 4 is 46.7 Å². The smallest absolute Gasteiger partial charge is 0.337 e. The molecular formula is C26H25N3O5S. The number of ether oxygens (including phenoxy) is 2. The number of methoxy groups -OCH3 is 1. The molecule has 1 amide bonds. The molecule has 1 fully saturated rings. The summed E-state index contributed by atoms with van der Waals surface area (Å²) in [6.45, 7) is 2.59. The highest BCUT2D eigenvalue weighted by atomic mass is 32.1. The highest BCUT2D eigenvalue weighted by Gasteiger charge is 2.18. The Morgan fingerprint density at radius 1 is 1.06 bits per heavy atom. The topological polar surface area (TPSA) is 93.0 Å². The van der Waals surface area contributed by atoms with E-state index in [0.29, 0.717) is 49.1 Å². The number of thiocarbonyl (C=S) groups is 1. The van der Waals surface area contributed by atoms with E-state index < -0.39 is 11.9 Å². The van der Waals surface area contributed by atoms with Gasteiger partial charge in [-0.1, -0.05) is 30.3 Å². The van der Waals surface area contributed by atoms with Crippen molar-refractivity contribution in [3.05, 3.63) is 78.1 Å². The molecule has 1 aliphatic heterocycles. The van der Waals surface area contributed by atoms with Crippen molar-refractivity contribution in [2.24, 2.45) is 0 Å². The summed E-state index contributed by atoms with van der Waals surface area (Å²) in [6.07, 6.45) is 2.91. The molecule has 180 valence electrons. The van der Waals surface area contributed by atoms with Gasteiger partial charge in [-0.15, -0.1) is 0 Å². The Balaban J connectivity index is 1.42. The number of anilines is 2. The Hall–Kier alpha value is -3.95. The zero-order valence-corrected chi connectivity index (χ0v) is 20.0. The standard InChI is InChI=1S/C26H25N3O5S/c1-32-25(31)19-7-10-22(29-13-15-33-16-14-29)21(17-19)27-26(35)28-24(30)12-9-20-8-11-23(34-20)18-5-3-2-4-6-18/h2-12,17H,13-16H2,1H3,(H2,27,28,30,35)/b12-9+. The van der Waals surface area contributed by atoms with Crippen LogP contribution >= 0.6 is 12.2 Å². The summed E-state index contributed by atoms with van der Waals surface area (Å²) in [5, 5.41) is 5.76. The maximum atomic E-state index is 12.4. The number of esters is 1. The minimum absolute atomic E-state index is 0.0978. The van der Waals surface area contributed by atoms with Crippen molar-refractivity contribution in [1.82, 2.24) is 5.32 Å². The molecule has 9 heteroatoms. The molecule has 0 radical (unpaired) electrons. The summed E-state index contributed by atoms with van der Waals surface area (Å²) in [5.41, 5.74) is 2.75. The van der Waals surface area contributed by atoms with E-state index in [0.717, 1.165) is 11.3 Å². The predicted octanol–water partition coefficient (Wildman–Crippen LogP) is 4.10. The van der Waals surface area contributed by atoms with Gasteiger partial charge in [0.1, 0.15) is 11.5 Å². The quantitative estimate of drug-likeness (QED) is 0.303. The van der Waals surface area contributed by atoms with Crippen LogP contribution in [0.3, 0.4) is 0 Å². The van der Waals surface area contributed by atoms with Crippen LogP contribution < -0.4 is 15.5 Å². The van der Waals surface area contributed by atoms with E-state index in [1.165, 1.54) is 13.2 Å². The molecule has 0 atom stereocenters. The normalized spacial score (nSPS) is 13.5. The number of rotatable bonds is 6. The van der Waals surface area contributed by atoms with E-state index >= 15 is 0 Å². The first-order valence-electron chi connectivity index (χ1n) is 11.0. The van der Waals surface area contributed by atoms with Gasteiger partial charge in [-0.3, -0.25) is 10.1 Å². The Labute approximate surface area is 208 Å². The van der Waals surface area contributed by atoms with Crippen molar-refractivity contribution in [3.8, 4) is 11.3 Å². The molecule has 0 spiro atoms.